The smallest absolute Gasteiger partial charge is 0.134 e. The van der Waals surface area contributed by atoms with Crippen molar-refractivity contribution in [2.45, 2.75) is 51.5 Å². The molecule has 0 aliphatic heterocycles. The Balaban J connectivity index is 1.48. The molecular weight excluding hydrogens is 238 g/mol. The Morgan fingerprint density at radius 2 is 2.11 bits per heavy atom. The number of fused-ring (bicyclic) bond motifs is 1. The summed E-state index contributed by atoms with van der Waals surface area (Å²) in [5.41, 5.74) is 0.967. The van der Waals surface area contributed by atoms with Gasteiger partial charge in [-0.1, -0.05) is 18.2 Å². The molecule has 19 heavy (non-hydrogen) atoms. The molecule has 1 N–H and O–H groups in total. The minimum Gasteiger partial charge on any atom is -0.460 e. The van der Waals surface area contributed by atoms with Gasteiger partial charge in [0.25, 0.3) is 0 Å². The van der Waals surface area contributed by atoms with E-state index in [0.717, 1.165) is 30.7 Å². The number of furan rings is 1. The standard InChI is InChI=1S/C16H21NO2/c1-11(2)18-14-8-13(9-14)17-10-15-7-12-5-3-4-6-16(12)19-15/h3-7,11,13-14,17H,8-10H2,1-2H3. The maximum atomic E-state index is 5.78. The highest BCUT2D eigenvalue weighted by molar-refractivity contribution is 5.77. The Morgan fingerprint density at radius 3 is 2.84 bits per heavy atom. The lowest BCUT2D eigenvalue weighted by molar-refractivity contribution is -0.0502. The topological polar surface area (TPSA) is 34.4 Å². The molecular formula is C16H21NO2. The van der Waals surface area contributed by atoms with E-state index >= 15 is 0 Å². The molecule has 1 aromatic heterocycles. The minimum absolute atomic E-state index is 0.335. The summed E-state index contributed by atoms with van der Waals surface area (Å²) < 4.78 is 11.5. The SMILES string of the molecule is CC(C)OC1CC(NCc2cc3ccccc3o2)C1. The quantitative estimate of drug-likeness (QED) is 0.892. The van der Waals surface area contributed by atoms with Crippen LogP contribution in [0.3, 0.4) is 0 Å². The first-order chi connectivity index (χ1) is 9.20. The highest BCUT2D eigenvalue weighted by Crippen LogP contribution is 2.25. The summed E-state index contributed by atoms with van der Waals surface area (Å²) >= 11 is 0. The summed E-state index contributed by atoms with van der Waals surface area (Å²) in [5.74, 6) is 1.01. The molecule has 1 aliphatic rings. The molecule has 102 valence electrons. The molecule has 1 heterocycles. The van der Waals surface area contributed by atoms with E-state index in [1.54, 1.807) is 0 Å². The van der Waals surface area contributed by atoms with E-state index in [1.165, 1.54) is 5.39 Å². The lowest BCUT2D eigenvalue weighted by Crippen LogP contribution is -2.45. The lowest BCUT2D eigenvalue weighted by Gasteiger charge is -2.36. The third-order valence-corrected chi connectivity index (χ3v) is 3.60. The Kier molecular flexibility index (Phi) is 3.58. The van der Waals surface area contributed by atoms with E-state index in [9.17, 15) is 0 Å². The van der Waals surface area contributed by atoms with Crippen molar-refractivity contribution in [1.82, 2.24) is 5.32 Å². The molecule has 0 saturated heterocycles. The zero-order valence-corrected chi connectivity index (χ0v) is 11.6. The van der Waals surface area contributed by atoms with Gasteiger partial charge in [0, 0.05) is 11.4 Å². The van der Waals surface area contributed by atoms with E-state index < -0.39 is 0 Å². The van der Waals surface area contributed by atoms with Gasteiger partial charge in [0.05, 0.1) is 18.8 Å². The van der Waals surface area contributed by atoms with Crippen LogP contribution in [0.1, 0.15) is 32.4 Å². The van der Waals surface area contributed by atoms with Crippen LogP contribution < -0.4 is 5.32 Å². The lowest BCUT2D eigenvalue weighted by atomic mass is 9.89. The molecule has 0 spiro atoms. The van der Waals surface area contributed by atoms with E-state index in [2.05, 4.69) is 31.3 Å². The molecule has 0 atom stereocenters. The van der Waals surface area contributed by atoms with Crippen LogP contribution in [-0.4, -0.2) is 18.2 Å². The highest BCUT2D eigenvalue weighted by atomic mass is 16.5. The van der Waals surface area contributed by atoms with Gasteiger partial charge in [-0.15, -0.1) is 0 Å². The summed E-state index contributed by atoms with van der Waals surface area (Å²) in [4.78, 5) is 0. The van der Waals surface area contributed by atoms with Gasteiger partial charge in [-0.2, -0.15) is 0 Å². The number of hydrogen-bond acceptors (Lipinski definition) is 3. The Morgan fingerprint density at radius 1 is 1.32 bits per heavy atom. The van der Waals surface area contributed by atoms with Crippen molar-refractivity contribution in [2.75, 3.05) is 0 Å². The molecule has 3 rings (SSSR count). The highest BCUT2D eigenvalue weighted by Gasteiger charge is 2.30. The molecule has 1 aromatic carbocycles. The number of benzene rings is 1. The molecule has 0 unspecified atom stereocenters. The molecule has 2 aromatic rings. The largest absolute Gasteiger partial charge is 0.460 e. The summed E-state index contributed by atoms with van der Waals surface area (Å²) in [6, 6.07) is 10.8. The second kappa shape index (κ2) is 5.35. The van der Waals surface area contributed by atoms with Crippen molar-refractivity contribution in [3.8, 4) is 0 Å². The van der Waals surface area contributed by atoms with Crippen molar-refractivity contribution < 1.29 is 9.15 Å². The fourth-order valence-corrected chi connectivity index (χ4v) is 2.60. The summed E-state index contributed by atoms with van der Waals surface area (Å²) in [7, 11) is 0. The Labute approximate surface area is 113 Å². The maximum absolute atomic E-state index is 5.78. The molecule has 1 fully saturated rings. The fourth-order valence-electron chi connectivity index (χ4n) is 2.60. The van der Waals surface area contributed by atoms with Gasteiger partial charge < -0.3 is 14.5 Å². The van der Waals surface area contributed by atoms with Crippen LogP contribution >= 0.6 is 0 Å². The summed E-state index contributed by atoms with van der Waals surface area (Å²) in [6.45, 7) is 4.98. The fraction of sp³-hybridized carbons (Fsp3) is 0.500. The van der Waals surface area contributed by atoms with Gasteiger partial charge in [0.1, 0.15) is 11.3 Å². The van der Waals surface area contributed by atoms with Crippen LogP contribution in [-0.2, 0) is 11.3 Å². The van der Waals surface area contributed by atoms with Crippen LogP contribution in [0.25, 0.3) is 11.0 Å². The molecule has 3 nitrogen and oxygen atoms in total. The van der Waals surface area contributed by atoms with Crippen molar-refractivity contribution in [3.05, 3.63) is 36.1 Å². The van der Waals surface area contributed by atoms with Gasteiger partial charge in [-0.3, -0.25) is 0 Å². The number of rotatable bonds is 5. The van der Waals surface area contributed by atoms with E-state index in [-0.39, 0.29) is 0 Å². The second-order valence-electron chi connectivity index (χ2n) is 5.61. The van der Waals surface area contributed by atoms with Crippen LogP contribution in [0, 0.1) is 0 Å². The number of ether oxygens (including phenoxy) is 1. The van der Waals surface area contributed by atoms with Crippen molar-refractivity contribution >= 4 is 11.0 Å². The average Bonchev–Trinajstić information content (AvgIpc) is 2.74. The second-order valence-corrected chi connectivity index (χ2v) is 5.61. The van der Waals surface area contributed by atoms with Crippen LogP contribution in [0.15, 0.2) is 34.7 Å². The minimum atomic E-state index is 0.335. The normalized spacial score (nSPS) is 22.9. The summed E-state index contributed by atoms with van der Waals surface area (Å²) in [5, 5.41) is 4.70. The number of para-hydroxylation sites is 1. The van der Waals surface area contributed by atoms with E-state index in [1.807, 2.05) is 18.2 Å². The van der Waals surface area contributed by atoms with Crippen molar-refractivity contribution in [2.24, 2.45) is 0 Å². The van der Waals surface area contributed by atoms with E-state index in [0.29, 0.717) is 18.2 Å². The molecule has 0 bridgehead atoms. The molecule has 0 amide bonds. The third kappa shape index (κ3) is 2.99. The first-order valence-electron chi connectivity index (χ1n) is 7.07. The first kappa shape index (κ1) is 12.7. The number of hydrogen-bond donors (Lipinski definition) is 1. The predicted octanol–water partition coefficient (Wildman–Crippen LogP) is 3.48. The van der Waals surface area contributed by atoms with Gasteiger partial charge in [0.15, 0.2) is 0 Å². The van der Waals surface area contributed by atoms with Crippen LogP contribution in [0.4, 0.5) is 0 Å². The van der Waals surface area contributed by atoms with Crippen LogP contribution in [0.2, 0.25) is 0 Å². The monoisotopic (exact) mass is 259 g/mol. The first-order valence-corrected chi connectivity index (χ1v) is 7.07. The zero-order chi connectivity index (χ0) is 13.2. The molecule has 1 aliphatic carbocycles. The molecule has 3 heteroatoms. The van der Waals surface area contributed by atoms with E-state index in [4.69, 9.17) is 9.15 Å². The molecule has 1 saturated carbocycles. The maximum Gasteiger partial charge on any atom is 0.134 e. The average molecular weight is 259 g/mol. The van der Waals surface area contributed by atoms with Gasteiger partial charge in [0.2, 0.25) is 0 Å². The van der Waals surface area contributed by atoms with Gasteiger partial charge >= 0.3 is 0 Å². The summed E-state index contributed by atoms with van der Waals surface area (Å²) in [6.07, 6.45) is 2.99. The molecule has 0 radical (unpaired) electrons. The number of nitrogens with one attached hydrogen (secondary N) is 1. The van der Waals surface area contributed by atoms with Crippen molar-refractivity contribution in [1.29, 1.82) is 0 Å². The Bertz CT molecular complexity index is 507. The Hall–Kier alpha value is -1.32. The van der Waals surface area contributed by atoms with Gasteiger partial charge in [-0.25, -0.2) is 0 Å². The van der Waals surface area contributed by atoms with Gasteiger partial charge in [-0.05, 0) is 38.8 Å². The van der Waals surface area contributed by atoms with Crippen molar-refractivity contribution in [3.63, 3.8) is 0 Å². The third-order valence-electron chi connectivity index (χ3n) is 3.60. The predicted molar refractivity (Wildman–Crippen MR) is 76.1 cm³/mol. The van der Waals surface area contributed by atoms with Crippen LogP contribution in [0.5, 0.6) is 0 Å². The zero-order valence-electron chi connectivity index (χ0n) is 11.6.